The van der Waals surface area contributed by atoms with Crippen LogP contribution in [-0.2, 0) is 6.61 Å². The van der Waals surface area contributed by atoms with Gasteiger partial charge in [0.15, 0.2) is 0 Å². The topological polar surface area (TPSA) is 24.5 Å². The van der Waals surface area contributed by atoms with Gasteiger partial charge in [-0.05, 0) is 18.1 Å². The number of nitrogens with zero attached hydrogens (tertiary/aromatic N) is 1. The van der Waals surface area contributed by atoms with Gasteiger partial charge in [0.1, 0.15) is 12.4 Å². The molecule has 1 saturated heterocycles. The number of para-hydroxylation sites is 1. The number of rotatable bonds is 8. The summed E-state index contributed by atoms with van der Waals surface area (Å²) in [4.78, 5) is 2.62. The van der Waals surface area contributed by atoms with Crippen LogP contribution in [0.2, 0.25) is 0 Å². The maximum absolute atomic E-state index is 6.23. The Hall–Kier alpha value is -1.26. The summed E-state index contributed by atoms with van der Waals surface area (Å²) in [6.45, 7) is 7.28. The molecule has 1 heterocycles. The van der Waals surface area contributed by atoms with E-state index in [4.69, 9.17) is 4.74 Å². The molecule has 3 nitrogen and oxygen atoms in total. The summed E-state index contributed by atoms with van der Waals surface area (Å²) in [5, 5.41) is 3.47. The van der Waals surface area contributed by atoms with Crippen LogP contribution < -0.4 is 10.1 Å². The Bertz CT molecular complexity index is 633. The van der Waals surface area contributed by atoms with Gasteiger partial charge in [-0.2, -0.15) is 0 Å². The van der Waals surface area contributed by atoms with Crippen molar-refractivity contribution >= 4 is 24.8 Å². The molecular weight excluding hydrogens is 379 g/mol. The third-order valence-corrected chi connectivity index (χ3v) is 4.94. The maximum atomic E-state index is 6.23. The van der Waals surface area contributed by atoms with E-state index in [0.717, 1.165) is 31.9 Å². The highest BCUT2D eigenvalue weighted by Crippen LogP contribution is 2.33. The van der Waals surface area contributed by atoms with Gasteiger partial charge in [0.2, 0.25) is 0 Å². The third kappa shape index (κ3) is 7.00. The first-order valence-electron chi connectivity index (χ1n) is 9.59. The minimum Gasteiger partial charge on any atom is -0.489 e. The van der Waals surface area contributed by atoms with Gasteiger partial charge in [-0.3, -0.25) is 4.90 Å². The van der Waals surface area contributed by atoms with Crippen molar-refractivity contribution in [2.45, 2.75) is 38.8 Å². The summed E-state index contributed by atoms with van der Waals surface area (Å²) >= 11 is 0. The van der Waals surface area contributed by atoms with Crippen LogP contribution >= 0.6 is 24.8 Å². The predicted molar refractivity (Wildman–Crippen MR) is 118 cm³/mol. The van der Waals surface area contributed by atoms with Crippen molar-refractivity contribution in [2.75, 3.05) is 26.2 Å². The van der Waals surface area contributed by atoms with E-state index in [1.807, 2.05) is 6.07 Å². The SMILES string of the molecule is CCCC[C@H](c1ccccc1OCc1ccccc1)N1CCNCC1.Cl.Cl. The molecule has 1 fully saturated rings. The van der Waals surface area contributed by atoms with Gasteiger partial charge in [-0.1, -0.05) is 68.3 Å². The lowest BCUT2D eigenvalue weighted by Crippen LogP contribution is -2.45. The Morgan fingerprint density at radius 2 is 1.63 bits per heavy atom. The number of halogens is 2. The maximum Gasteiger partial charge on any atom is 0.124 e. The average molecular weight is 411 g/mol. The molecule has 150 valence electrons. The molecule has 1 N–H and O–H groups in total. The van der Waals surface area contributed by atoms with Crippen molar-refractivity contribution in [2.24, 2.45) is 0 Å². The molecule has 0 radical (unpaired) electrons. The van der Waals surface area contributed by atoms with E-state index in [0.29, 0.717) is 12.6 Å². The molecule has 1 aliphatic heterocycles. The third-order valence-electron chi connectivity index (χ3n) is 4.94. The lowest BCUT2D eigenvalue weighted by atomic mass is 9.97. The summed E-state index contributed by atoms with van der Waals surface area (Å²) in [5.41, 5.74) is 2.55. The molecule has 1 atom stereocenters. The molecule has 2 aromatic carbocycles. The molecule has 0 unspecified atom stereocenters. The quantitative estimate of drug-likeness (QED) is 0.643. The molecule has 3 rings (SSSR count). The molecule has 0 bridgehead atoms. The molecule has 27 heavy (non-hydrogen) atoms. The Labute approximate surface area is 176 Å². The minimum absolute atomic E-state index is 0. The zero-order chi connectivity index (χ0) is 17.3. The number of unbranched alkanes of at least 4 members (excludes halogenated alkanes) is 1. The Kier molecular flexibility index (Phi) is 11.5. The van der Waals surface area contributed by atoms with Crippen LogP contribution in [-0.4, -0.2) is 31.1 Å². The number of nitrogens with one attached hydrogen (secondary N) is 1. The van der Waals surface area contributed by atoms with Crippen LogP contribution in [0.1, 0.15) is 43.4 Å². The first-order valence-corrected chi connectivity index (χ1v) is 9.59. The summed E-state index contributed by atoms with van der Waals surface area (Å²) in [6, 6.07) is 19.5. The van der Waals surface area contributed by atoms with Gasteiger partial charge >= 0.3 is 0 Å². The van der Waals surface area contributed by atoms with Gasteiger partial charge in [-0.25, -0.2) is 0 Å². The molecule has 1 aliphatic rings. The van der Waals surface area contributed by atoms with E-state index >= 15 is 0 Å². The normalized spacial score (nSPS) is 15.3. The van der Waals surface area contributed by atoms with Crippen LogP contribution in [0.15, 0.2) is 54.6 Å². The van der Waals surface area contributed by atoms with Gasteiger partial charge in [0, 0.05) is 37.8 Å². The van der Waals surface area contributed by atoms with Crippen LogP contribution in [0.25, 0.3) is 0 Å². The van der Waals surface area contributed by atoms with Crippen molar-refractivity contribution in [3.63, 3.8) is 0 Å². The summed E-state index contributed by atoms with van der Waals surface area (Å²) in [5.74, 6) is 1.03. The predicted octanol–water partition coefficient (Wildman–Crippen LogP) is 5.25. The van der Waals surface area contributed by atoms with Gasteiger partial charge in [0.25, 0.3) is 0 Å². The van der Waals surface area contributed by atoms with Crippen molar-refractivity contribution in [1.82, 2.24) is 10.2 Å². The van der Waals surface area contributed by atoms with Crippen LogP contribution in [0.5, 0.6) is 5.75 Å². The molecule has 0 spiro atoms. The van der Waals surface area contributed by atoms with Gasteiger partial charge < -0.3 is 10.1 Å². The molecule has 5 heteroatoms. The second-order valence-corrected chi connectivity index (χ2v) is 6.76. The standard InChI is InChI=1S/C22H30N2O.2ClH/c1-2-3-12-21(24-16-14-23-15-17-24)20-11-7-8-13-22(20)25-18-19-9-5-4-6-10-19;;/h4-11,13,21,23H,2-3,12,14-18H2,1H3;2*1H/t21-;;/m1../s1. The first kappa shape index (κ1) is 23.8. The fourth-order valence-corrected chi connectivity index (χ4v) is 3.55. The Morgan fingerprint density at radius 1 is 0.963 bits per heavy atom. The number of piperazine rings is 1. The highest BCUT2D eigenvalue weighted by Gasteiger charge is 2.24. The number of hydrogen-bond acceptors (Lipinski definition) is 3. The average Bonchev–Trinajstić information content (AvgIpc) is 2.69. The van der Waals surface area contributed by atoms with E-state index in [-0.39, 0.29) is 24.8 Å². The number of hydrogen-bond donors (Lipinski definition) is 1. The minimum atomic E-state index is 0. The summed E-state index contributed by atoms with van der Waals surface area (Å²) < 4.78 is 6.23. The molecule has 0 aromatic heterocycles. The first-order chi connectivity index (χ1) is 12.4. The zero-order valence-corrected chi connectivity index (χ0v) is 17.7. The fourth-order valence-electron chi connectivity index (χ4n) is 3.55. The molecular formula is C22H32Cl2N2O. The zero-order valence-electron chi connectivity index (χ0n) is 16.1. The van der Waals surface area contributed by atoms with Crippen molar-refractivity contribution in [3.8, 4) is 5.75 Å². The largest absolute Gasteiger partial charge is 0.489 e. The number of ether oxygens (including phenoxy) is 1. The Balaban J connectivity index is 0.00000182. The fraction of sp³-hybridized carbons (Fsp3) is 0.455. The second kappa shape index (κ2) is 13.0. The highest BCUT2D eigenvalue weighted by molar-refractivity contribution is 5.85. The van der Waals surface area contributed by atoms with E-state index in [1.54, 1.807) is 0 Å². The van der Waals surface area contributed by atoms with Gasteiger partial charge in [0.05, 0.1) is 0 Å². The van der Waals surface area contributed by atoms with E-state index in [1.165, 1.54) is 30.4 Å². The van der Waals surface area contributed by atoms with E-state index in [9.17, 15) is 0 Å². The van der Waals surface area contributed by atoms with Gasteiger partial charge in [-0.15, -0.1) is 24.8 Å². The van der Waals surface area contributed by atoms with Crippen molar-refractivity contribution < 1.29 is 4.74 Å². The molecule has 0 amide bonds. The lowest BCUT2D eigenvalue weighted by molar-refractivity contribution is 0.158. The molecule has 0 saturated carbocycles. The van der Waals surface area contributed by atoms with Crippen molar-refractivity contribution in [1.29, 1.82) is 0 Å². The smallest absolute Gasteiger partial charge is 0.124 e. The summed E-state index contributed by atoms with van der Waals surface area (Å²) in [7, 11) is 0. The Morgan fingerprint density at radius 3 is 2.33 bits per heavy atom. The number of benzene rings is 2. The second-order valence-electron chi connectivity index (χ2n) is 6.76. The molecule has 2 aromatic rings. The monoisotopic (exact) mass is 410 g/mol. The van der Waals surface area contributed by atoms with Crippen molar-refractivity contribution in [3.05, 3.63) is 65.7 Å². The summed E-state index contributed by atoms with van der Waals surface area (Å²) in [6.07, 6.45) is 3.68. The highest BCUT2D eigenvalue weighted by atomic mass is 35.5. The van der Waals surface area contributed by atoms with E-state index < -0.39 is 0 Å². The van der Waals surface area contributed by atoms with Crippen LogP contribution in [0.4, 0.5) is 0 Å². The van der Waals surface area contributed by atoms with E-state index in [2.05, 4.69) is 65.7 Å². The van der Waals surface area contributed by atoms with Crippen LogP contribution in [0, 0.1) is 0 Å². The van der Waals surface area contributed by atoms with Crippen LogP contribution in [0.3, 0.4) is 0 Å². The lowest BCUT2D eigenvalue weighted by Gasteiger charge is -2.36. The molecule has 0 aliphatic carbocycles.